The molecule has 0 aliphatic rings. The Hall–Kier alpha value is -4.33. The molecule has 34 heavy (non-hydrogen) atoms. The summed E-state index contributed by atoms with van der Waals surface area (Å²) in [6.07, 6.45) is 1.47. The molecule has 176 valence electrons. The number of amides is 1. The Balaban J connectivity index is 1.62. The van der Waals surface area contributed by atoms with E-state index in [1.165, 1.54) is 13.3 Å². The summed E-state index contributed by atoms with van der Waals surface area (Å²) in [5.41, 5.74) is 3.95. The molecule has 0 unspecified atom stereocenters. The van der Waals surface area contributed by atoms with Crippen LogP contribution in [0.2, 0.25) is 0 Å². The number of rotatable bonds is 10. The summed E-state index contributed by atoms with van der Waals surface area (Å²) in [5, 5.41) is 3.98. The van der Waals surface area contributed by atoms with Gasteiger partial charge >= 0.3 is 5.97 Å². The summed E-state index contributed by atoms with van der Waals surface area (Å²) < 4.78 is 21.6. The van der Waals surface area contributed by atoms with Crippen LogP contribution >= 0.6 is 0 Å². The van der Waals surface area contributed by atoms with Crippen molar-refractivity contribution in [2.24, 2.45) is 5.10 Å². The van der Waals surface area contributed by atoms with Gasteiger partial charge in [-0.25, -0.2) is 10.2 Å². The molecule has 3 aromatic carbocycles. The average molecular weight is 463 g/mol. The number of hydrogen-bond donors (Lipinski definition) is 1. The number of benzene rings is 3. The molecule has 1 amide bonds. The van der Waals surface area contributed by atoms with E-state index in [1.807, 2.05) is 13.8 Å². The van der Waals surface area contributed by atoms with Gasteiger partial charge in [0.1, 0.15) is 11.5 Å². The Labute approximate surface area is 198 Å². The second-order valence-electron chi connectivity index (χ2n) is 6.91. The highest BCUT2D eigenvalue weighted by molar-refractivity contribution is 5.95. The van der Waals surface area contributed by atoms with Gasteiger partial charge in [-0.1, -0.05) is 0 Å². The summed E-state index contributed by atoms with van der Waals surface area (Å²) in [5.74, 6) is 1.10. The number of hydrogen-bond acceptors (Lipinski definition) is 7. The molecule has 3 aromatic rings. The highest BCUT2D eigenvalue weighted by atomic mass is 16.6. The molecule has 8 heteroatoms. The maximum atomic E-state index is 12.5. The zero-order valence-electron chi connectivity index (χ0n) is 19.2. The van der Waals surface area contributed by atoms with E-state index in [0.717, 1.165) is 0 Å². The summed E-state index contributed by atoms with van der Waals surface area (Å²) in [7, 11) is 1.47. The summed E-state index contributed by atoms with van der Waals surface area (Å²) in [4.78, 5) is 24.7. The van der Waals surface area contributed by atoms with Crippen LogP contribution in [0.25, 0.3) is 0 Å². The number of carbonyl (C=O) groups excluding carboxylic acids is 2. The fourth-order valence-corrected chi connectivity index (χ4v) is 2.96. The smallest absolute Gasteiger partial charge is 0.343 e. The van der Waals surface area contributed by atoms with Crippen molar-refractivity contribution >= 4 is 18.1 Å². The predicted molar refractivity (Wildman–Crippen MR) is 128 cm³/mol. The highest BCUT2D eigenvalue weighted by Crippen LogP contribution is 2.28. The Morgan fingerprint density at radius 1 is 0.824 bits per heavy atom. The summed E-state index contributed by atoms with van der Waals surface area (Å²) >= 11 is 0. The fraction of sp³-hybridized carbons (Fsp3) is 0.192. The molecule has 0 aliphatic heterocycles. The lowest BCUT2D eigenvalue weighted by molar-refractivity contribution is 0.0729. The first-order chi connectivity index (χ1) is 16.5. The van der Waals surface area contributed by atoms with Gasteiger partial charge in [0.25, 0.3) is 5.91 Å². The first-order valence-electron chi connectivity index (χ1n) is 10.7. The van der Waals surface area contributed by atoms with Crippen LogP contribution in [-0.4, -0.2) is 38.4 Å². The van der Waals surface area contributed by atoms with Gasteiger partial charge in [0.15, 0.2) is 11.5 Å². The zero-order chi connectivity index (χ0) is 24.3. The number of methoxy groups -OCH3 is 1. The monoisotopic (exact) mass is 462 g/mol. The fourth-order valence-electron chi connectivity index (χ4n) is 2.96. The number of nitrogens with one attached hydrogen (secondary N) is 1. The lowest BCUT2D eigenvalue weighted by atomic mass is 10.2. The van der Waals surface area contributed by atoms with E-state index < -0.39 is 5.97 Å². The minimum absolute atomic E-state index is 0.261. The van der Waals surface area contributed by atoms with Gasteiger partial charge in [-0.05, 0) is 86.1 Å². The standard InChI is InChI=1S/C26H26N2O6/c1-4-32-21-11-7-19(8-12-21)25(29)28-27-17-18-6-15-23(24(16-18)31-3)34-26(30)20-9-13-22(14-10-20)33-5-2/h6-17H,4-5H2,1-3H3,(H,28,29). The second kappa shape index (κ2) is 12.1. The molecular formula is C26H26N2O6. The number of esters is 1. The number of hydrazone groups is 1. The van der Waals surface area contributed by atoms with E-state index in [4.69, 9.17) is 18.9 Å². The van der Waals surface area contributed by atoms with Gasteiger partial charge in [0.05, 0.1) is 32.1 Å². The molecule has 0 spiro atoms. The molecule has 0 heterocycles. The molecule has 1 N–H and O–H groups in total. The average Bonchev–Trinajstić information content (AvgIpc) is 2.86. The number of nitrogens with zero attached hydrogens (tertiary/aromatic N) is 1. The van der Waals surface area contributed by atoms with Crippen molar-refractivity contribution in [2.45, 2.75) is 13.8 Å². The van der Waals surface area contributed by atoms with Crippen molar-refractivity contribution in [1.29, 1.82) is 0 Å². The van der Waals surface area contributed by atoms with E-state index in [0.29, 0.717) is 47.2 Å². The van der Waals surface area contributed by atoms with Crippen molar-refractivity contribution in [3.05, 3.63) is 83.4 Å². The van der Waals surface area contributed by atoms with Gasteiger partial charge in [0, 0.05) is 5.56 Å². The van der Waals surface area contributed by atoms with Gasteiger partial charge in [-0.2, -0.15) is 5.10 Å². The molecule has 0 fully saturated rings. The molecular weight excluding hydrogens is 436 g/mol. The van der Waals surface area contributed by atoms with Crippen LogP contribution in [0, 0.1) is 0 Å². The van der Waals surface area contributed by atoms with E-state index >= 15 is 0 Å². The molecule has 3 rings (SSSR count). The third-order valence-corrected chi connectivity index (χ3v) is 4.60. The van der Waals surface area contributed by atoms with Crippen molar-refractivity contribution in [3.63, 3.8) is 0 Å². The van der Waals surface area contributed by atoms with Crippen molar-refractivity contribution in [1.82, 2.24) is 5.43 Å². The Bertz CT molecular complexity index is 1140. The molecule has 8 nitrogen and oxygen atoms in total. The molecule has 0 saturated heterocycles. The Morgan fingerprint density at radius 3 is 1.97 bits per heavy atom. The first kappa shape index (κ1) is 24.3. The Kier molecular flexibility index (Phi) is 8.62. The molecule has 0 saturated carbocycles. The lowest BCUT2D eigenvalue weighted by Gasteiger charge is -2.10. The van der Waals surface area contributed by atoms with Crippen LogP contribution in [0.3, 0.4) is 0 Å². The lowest BCUT2D eigenvalue weighted by Crippen LogP contribution is -2.17. The minimum Gasteiger partial charge on any atom is -0.494 e. The largest absolute Gasteiger partial charge is 0.494 e. The van der Waals surface area contributed by atoms with Gasteiger partial charge in [0.2, 0.25) is 0 Å². The van der Waals surface area contributed by atoms with Crippen LogP contribution < -0.4 is 24.4 Å². The first-order valence-corrected chi connectivity index (χ1v) is 10.7. The van der Waals surface area contributed by atoms with Gasteiger partial charge in [-0.3, -0.25) is 4.79 Å². The number of carbonyl (C=O) groups is 2. The maximum Gasteiger partial charge on any atom is 0.343 e. The van der Waals surface area contributed by atoms with Crippen LogP contribution in [-0.2, 0) is 0 Å². The van der Waals surface area contributed by atoms with E-state index in [-0.39, 0.29) is 11.7 Å². The third kappa shape index (κ3) is 6.59. The summed E-state index contributed by atoms with van der Waals surface area (Å²) in [6.45, 7) is 4.88. The van der Waals surface area contributed by atoms with Crippen LogP contribution in [0.4, 0.5) is 0 Å². The molecule has 0 aromatic heterocycles. The highest BCUT2D eigenvalue weighted by Gasteiger charge is 2.13. The Morgan fingerprint density at radius 2 is 1.41 bits per heavy atom. The predicted octanol–water partition coefficient (Wildman–Crippen LogP) is 4.48. The van der Waals surface area contributed by atoms with E-state index in [1.54, 1.807) is 66.7 Å². The van der Waals surface area contributed by atoms with Crippen LogP contribution in [0.1, 0.15) is 40.1 Å². The zero-order valence-corrected chi connectivity index (χ0v) is 19.2. The summed E-state index contributed by atoms with van der Waals surface area (Å²) in [6, 6.07) is 18.4. The topological polar surface area (TPSA) is 95.5 Å². The van der Waals surface area contributed by atoms with Crippen molar-refractivity contribution in [3.8, 4) is 23.0 Å². The van der Waals surface area contributed by atoms with Crippen LogP contribution in [0.5, 0.6) is 23.0 Å². The van der Waals surface area contributed by atoms with E-state index in [9.17, 15) is 9.59 Å². The molecule has 0 bridgehead atoms. The maximum absolute atomic E-state index is 12.5. The normalized spacial score (nSPS) is 10.6. The van der Waals surface area contributed by atoms with Crippen molar-refractivity contribution in [2.75, 3.05) is 20.3 Å². The minimum atomic E-state index is -0.523. The van der Waals surface area contributed by atoms with Gasteiger partial charge in [-0.15, -0.1) is 0 Å². The molecule has 0 atom stereocenters. The third-order valence-electron chi connectivity index (χ3n) is 4.60. The SMILES string of the molecule is CCOc1ccc(C(=O)NN=Cc2ccc(OC(=O)c3ccc(OCC)cc3)c(OC)c2)cc1. The number of ether oxygens (including phenoxy) is 4. The van der Waals surface area contributed by atoms with Crippen molar-refractivity contribution < 1.29 is 28.5 Å². The van der Waals surface area contributed by atoms with E-state index in [2.05, 4.69) is 10.5 Å². The molecule has 0 radical (unpaired) electrons. The second-order valence-corrected chi connectivity index (χ2v) is 6.91. The quantitative estimate of drug-likeness (QED) is 0.207. The molecule has 0 aliphatic carbocycles. The van der Waals surface area contributed by atoms with Crippen LogP contribution in [0.15, 0.2) is 71.8 Å². The van der Waals surface area contributed by atoms with Gasteiger partial charge < -0.3 is 18.9 Å².